The molecule has 0 unspecified atom stereocenters. The number of hydrogen-bond donors (Lipinski definition) is 2. The van der Waals surface area contributed by atoms with Gasteiger partial charge in [0.2, 0.25) is 0 Å². The summed E-state index contributed by atoms with van der Waals surface area (Å²) in [7, 11) is 1.45. The number of aromatic nitrogens is 1. The van der Waals surface area contributed by atoms with Crippen LogP contribution in [0.25, 0.3) is 0 Å². The molecule has 0 saturated carbocycles. The van der Waals surface area contributed by atoms with Crippen molar-refractivity contribution in [2.45, 2.75) is 0 Å². The molecule has 0 aliphatic heterocycles. The quantitative estimate of drug-likeness (QED) is 0.829. The Kier molecular flexibility index (Phi) is 3.61. The van der Waals surface area contributed by atoms with Gasteiger partial charge in [-0.05, 0) is 24.3 Å². The molecular weight excluding hydrogens is 249 g/mol. The zero-order valence-electron chi connectivity index (χ0n) is 10.2. The van der Waals surface area contributed by atoms with E-state index < -0.39 is 11.7 Å². The molecular formula is C13H12FN3O2. The van der Waals surface area contributed by atoms with Gasteiger partial charge in [0.1, 0.15) is 22.9 Å². The van der Waals surface area contributed by atoms with Crippen LogP contribution in [0.3, 0.4) is 0 Å². The van der Waals surface area contributed by atoms with Crippen LogP contribution >= 0.6 is 0 Å². The van der Waals surface area contributed by atoms with E-state index in [0.29, 0.717) is 11.4 Å². The largest absolute Gasteiger partial charge is 0.496 e. The fourth-order valence-corrected chi connectivity index (χ4v) is 1.59. The molecule has 6 heteroatoms. The maximum Gasteiger partial charge on any atom is 0.262 e. The van der Waals surface area contributed by atoms with Crippen molar-refractivity contribution in [2.24, 2.45) is 0 Å². The Bertz CT molecular complexity index is 599. The van der Waals surface area contributed by atoms with Crippen LogP contribution in [0, 0.1) is 5.82 Å². The maximum atomic E-state index is 12.7. The van der Waals surface area contributed by atoms with Crippen LogP contribution < -0.4 is 15.8 Å². The molecule has 98 valence electrons. The Morgan fingerprint density at radius 1 is 1.37 bits per heavy atom. The lowest BCUT2D eigenvalue weighted by Crippen LogP contribution is -2.16. The van der Waals surface area contributed by atoms with E-state index in [4.69, 9.17) is 10.5 Å². The molecule has 0 fully saturated rings. The highest BCUT2D eigenvalue weighted by molar-refractivity contribution is 6.09. The average Bonchev–Trinajstić information content (AvgIpc) is 2.40. The predicted molar refractivity (Wildman–Crippen MR) is 69.6 cm³/mol. The summed E-state index contributed by atoms with van der Waals surface area (Å²) < 4.78 is 17.8. The molecule has 0 saturated heterocycles. The molecule has 1 heterocycles. The lowest BCUT2D eigenvalue weighted by Gasteiger charge is -2.11. The molecule has 0 atom stereocenters. The summed E-state index contributed by atoms with van der Waals surface area (Å²) in [5.41, 5.74) is 6.26. The number of nitrogens with two attached hydrogens (primary N) is 1. The lowest BCUT2D eigenvalue weighted by atomic mass is 10.1. The number of nitrogens with one attached hydrogen (secondary N) is 1. The Labute approximate surface area is 109 Å². The van der Waals surface area contributed by atoms with Crippen molar-refractivity contribution in [1.82, 2.24) is 4.98 Å². The standard InChI is InChI=1S/C13H12FN3O2/c1-19-10-4-2-3-9(15)12(10)13(18)17-11-6-5-8(14)7-16-11/h2-7H,15H2,1H3,(H,16,17,18). The van der Waals surface area contributed by atoms with Gasteiger partial charge in [-0.3, -0.25) is 4.79 Å². The highest BCUT2D eigenvalue weighted by Crippen LogP contribution is 2.24. The summed E-state index contributed by atoms with van der Waals surface area (Å²) in [6.07, 6.45) is 1.02. The number of halogens is 1. The number of pyridine rings is 1. The van der Waals surface area contributed by atoms with Crippen LogP contribution in [0.4, 0.5) is 15.9 Å². The fourth-order valence-electron chi connectivity index (χ4n) is 1.59. The summed E-state index contributed by atoms with van der Waals surface area (Å²) in [5, 5.41) is 2.52. The number of benzene rings is 1. The second-order valence-corrected chi connectivity index (χ2v) is 3.74. The van der Waals surface area contributed by atoms with Crippen molar-refractivity contribution in [1.29, 1.82) is 0 Å². The van der Waals surface area contributed by atoms with E-state index in [0.717, 1.165) is 6.20 Å². The first-order valence-electron chi connectivity index (χ1n) is 5.47. The molecule has 0 aliphatic carbocycles. The number of nitrogen functional groups attached to an aromatic ring is 1. The Morgan fingerprint density at radius 2 is 2.16 bits per heavy atom. The second kappa shape index (κ2) is 5.34. The molecule has 5 nitrogen and oxygen atoms in total. The molecule has 2 aromatic rings. The van der Waals surface area contributed by atoms with Gasteiger partial charge in [-0.15, -0.1) is 0 Å². The normalized spacial score (nSPS) is 10.0. The van der Waals surface area contributed by atoms with Crippen LogP contribution in [0.1, 0.15) is 10.4 Å². The number of carbonyl (C=O) groups is 1. The van der Waals surface area contributed by atoms with Gasteiger partial charge in [-0.1, -0.05) is 6.07 Å². The lowest BCUT2D eigenvalue weighted by molar-refractivity contribution is 0.102. The summed E-state index contributed by atoms with van der Waals surface area (Å²) in [4.78, 5) is 15.8. The van der Waals surface area contributed by atoms with Gasteiger partial charge in [-0.25, -0.2) is 9.37 Å². The number of anilines is 2. The van der Waals surface area contributed by atoms with Crippen molar-refractivity contribution in [3.8, 4) is 5.75 Å². The van der Waals surface area contributed by atoms with E-state index in [1.165, 1.54) is 19.2 Å². The van der Waals surface area contributed by atoms with E-state index in [2.05, 4.69) is 10.3 Å². The zero-order chi connectivity index (χ0) is 13.8. The van der Waals surface area contributed by atoms with Crippen LogP contribution in [0.2, 0.25) is 0 Å². The number of nitrogens with zero attached hydrogens (tertiary/aromatic N) is 1. The maximum absolute atomic E-state index is 12.7. The van der Waals surface area contributed by atoms with Crippen LogP contribution in [0.15, 0.2) is 36.5 Å². The molecule has 2 rings (SSSR count). The number of rotatable bonds is 3. The van der Waals surface area contributed by atoms with E-state index in [1.54, 1.807) is 18.2 Å². The molecule has 0 aliphatic rings. The highest BCUT2D eigenvalue weighted by Gasteiger charge is 2.16. The van der Waals surface area contributed by atoms with E-state index in [1.807, 2.05) is 0 Å². The Balaban J connectivity index is 2.27. The Morgan fingerprint density at radius 3 is 2.79 bits per heavy atom. The molecule has 0 bridgehead atoms. The van der Waals surface area contributed by atoms with Gasteiger partial charge in [-0.2, -0.15) is 0 Å². The first-order chi connectivity index (χ1) is 9.11. The van der Waals surface area contributed by atoms with E-state index >= 15 is 0 Å². The number of amides is 1. The molecule has 3 N–H and O–H groups in total. The summed E-state index contributed by atoms with van der Waals surface area (Å²) in [6, 6.07) is 7.47. The van der Waals surface area contributed by atoms with Gasteiger partial charge >= 0.3 is 0 Å². The third-order valence-corrected chi connectivity index (χ3v) is 2.47. The SMILES string of the molecule is COc1cccc(N)c1C(=O)Nc1ccc(F)cn1. The monoisotopic (exact) mass is 261 g/mol. The minimum atomic E-state index is -0.477. The van der Waals surface area contributed by atoms with Crippen molar-refractivity contribution in [3.05, 3.63) is 47.9 Å². The number of carbonyl (C=O) groups excluding carboxylic acids is 1. The smallest absolute Gasteiger partial charge is 0.262 e. The number of hydrogen-bond acceptors (Lipinski definition) is 4. The van der Waals surface area contributed by atoms with Crippen molar-refractivity contribution in [3.63, 3.8) is 0 Å². The third-order valence-electron chi connectivity index (χ3n) is 2.47. The van der Waals surface area contributed by atoms with Gasteiger partial charge < -0.3 is 15.8 Å². The molecule has 1 aromatic heterocycles. The molecule has 19 heavy (non-hydrogen) atoms. The van der Waals surface area contributed by atoms with Crippen molar-refractivity contribution >= 4 is 17.4 Å². The van der Waals surface area contributed by atoms with E-state index in [9.17, 15) is 9.18 Å². The summed E-state index contributed by atoms with van der Waals surface area (Å²) >= 11 is 0. The Hall–Kier alpha value is -2.63. The van der Waals surface area contributed by atoms with Gasteiger partial charge in [0.05, 0.1) is 13.3 Å². The predicted octanol–water partition coefficient (Wildman–Crippen LogP) is 2.06. The first-order valence-corrected chi connectivity index (χ1v) is 5.47. The average molecular weight is 261 g/mol. The summed E-state index contributed by atoms with van der Waals surface area (Å²) in [5.74, 6) is -0.347. The minimum absolute atomic E-state index is 0.219. The zero-order valence-corrected chi connectivity index (χ0v) is 10.2. The van der Waals surface area contributed by atoms with Crippen LogP contribution in [-0.4, -0.2) is 18.0 Å². The van der Waals surface area contributed by atoms with Crippen molar-refractivity contribution in [2.75, 3.05) is 18.2 Å². The number of methoxy groups -OCH3 is 1. The molecule has 1 amide bonds. The highest BCUT2D eigenvalue weighted by atomic mass is 19.1. The van der Waals surface area contributed by atoms with Crippen LogP contribution in [-0.2, 0) is 0 Å². The molecule has 0 spiro atoms. The number of ether oxygens (including phenoxy) is 1. The summed E-state index contributed by atoms with van der Waals surface area (Å²) in [6.45, 7) is 0. The fraction of sp³-hybridized carbons (Fsp3) is 0.0769. The minimum Gasteiger partial charge on any atom is -0.496 e. The first kappa shape index (κ1) is 12.8. The molecule has 0 radical (unpaired) electrons. The molecule has 1 aromatic carbocycles. The van der Waals surface area contributed by atoms with E-state index in [-0.39, 0.29) is 11.4 Å². The van der Waals surface area contributed by atoms with Gasteiger partial charge in [0, 0.05) is 5.69 Å². The van der Waals surface area contributed by atoms with Crippen LogP contribution in [0.5, 0.6) is 5.75 Å². The van der Waals surface area contributed by atoms with Gasteiger partial charge in [0.15, 0.2) is 0 Å². The van der Waals surface area contributed by atoms with Gasteiger partial charge in [0.25, 0.3) is 5.91 Å². The van der Waals surface area contributed by atoms with Crippen molar-refractivity contribution < 1.29 is 13.9 Å². The third kappa shape index (κ3) is 2.79. The second-order valence-electron chi connectivity index (χ2n) is 3.74. The topological polar surface area (TPSA) is 77.2 Å².